The summed E-state index contributed by atoms with van der Waals surface area (Å²) in [5.74, 6) is 2.29. The second kappa shape index (κ2) is 5.24. The number of esters is 1. The van der Waals surface area contributed by atoms with Gasteiger partial charge >= 0.3 is 5.97 Å². The fraction of sp³-hybridized carbons (Fsp3) is 0.400. The average molecular weight is 243 g/mol. The fourth-order valence-electron chi connectivity index (χ4n) is 2.55. The van der Waals surface area contributed by atoms with E-state index in [1.165, 1.54) is 18.2 Å². The van der Waals surface area contributed by atoms with E-state index < -0.39 is 5.54 Å². The van der Waals surface area contributed by atoms with Crippen LogP contribution in [0.15, 0.2) is 24.3 Å². The van der Waals surface area contributed by atoms with Crippen molar-refractivity contribution < 1.29 is 9.53 Å². The maximum Gasteiger partial charge on any atom is 0.326 e. The summed E-state index contributed by atoms with van der Waals surface area (Å²) in [6, 6.07) is 8.19. The summed E-state index contributed by atoms with van der Waals surface area (Å²) in [7, 11) is 1.42. The number of fused-ring (bicyclic) bond motifs is 1. The maximum absolute atomic E-state index is 12.1. The predicted octanol–water partition coefficient (Wildman–Crippen LogP) is 1.31. The topological polar surface area (TPSA) is 38.3 Å². The Hall–Kier alpha value is -1.79. The van der Waals surface area contributed by atoms with Crippen LogP contribution < -0.4 is 5.32 Å². The molecule has 0 radical (unpaired) electrons. The third-order valence-corrected chi connectivity index (χ3v) is 3.54. The highest BCUT2D eigenvalue weighted by molar-refractivity contribution is 5.82. The number of rotatable bonds is 3. The van der Waals surface area contributed by atoms with Crippen LogP contribution in [0, 0.1) is 12.3 Å². The number of nitrogens with one attached hydrogen (secondary N) is 1. The quantitative estimate of drug-likeness (QED) is 0.642. The standard InChI is InChI=1S/C15H17NO2/c1-3-10-16-15(14(17)18-2)9-8-12-6-4-5-7-13(12)11-15/h1,4-7,16H,8-11H2,2H3. The van der Waals surface area contributed by atoms with Gasteiger partial charge in [0.2, 0.25) is 0 Å². The van der Waals surface area contributed by atoms with Gasteiger partial charge < -0.3 is 4.74 Å². The van der Waals surface area contributed by atoms with Crippen molar-refractivity contribution in [1.29, 1.82) is 0 Å². The molecule has 3 nitrogen and oxygen atoms in total. The van der Waals surface area contributed by atoms with Crippen LogP contribution in [0.2, 0.25) is 0 Å². The molecule has 2 rings (SSSR count). The molecule has 1 atom stereocenters. The summed E-state index contributed by atoms with van der Waals surface area (Å²) < 4.78 is 4.94. The molecule has 3 heteroatoms. The van der Waals surface area contributed by atoms with Crippen molar-refractivity contribution in [3.8, 4) is 12.3 Å². The van der Waals surface area contributed by atoms with Crippen molar-refractivity contribution >= 4 is 5.97 Å². The third-order valence-electron chi connectivity index (χ3n) is 3.54. The molecule has 1 aromatic carbocycles. The number of aryl methyl sites for hydroxylation is 1. The number of carbonyl (C=O) groups is 1. The van der Waals surface area contributed by atoms with E-state index in [1.807, 2.05) is 12.1 Å². The zero-order valence-corrected chi connectivity index (χ0v) is 10.5. The molecule has 0 amide bonds. The Morgan fingerprint density at radius 1 is 1.50 bits per heavy atom. The first-order valence-electron chi connectivity index (χ1n) is 6.05. The number of ether oxygens (including phenoxy) is 1. The van der Waals surface area contributed by atoms with Crippen LogP contribution in [0.5, 0.6) is 0 Å². The predicted molar refractivity (Wildman–Crippen MR) is 70.0 cm³/mol. The summed E-state index contributed by atoms with van der Waals surface area (Å²) in [4.78, 5) is 12.1. The molecule has 18 heavy (non-hydrogen) atoms. The fourth-order valence-corrected chi connectivity index (χ4v) is 2.55. The molecule has 1 unspecified atom stereocenters. The Morgan fingerprint density at radius 3 is 2.89 bits per heavy atom. The molecular weight excluding hydrogens is 226 g/mol. The summed E-state index contributed by atoms with van der Waals surface area (Å²) in [5.41, 5.74) is 1.83. The van der Waals surface area contributed by atoms with Gasteiger partial charge in [-0.05, 0) is 24.0 Å². The lowest BCUT2D eigenvalue weighted by molar-refractivity contribution is -0.149. The largest absolute Gasteiger partial charge is 0.468 e. The molecule has 1 aliphatic rings. The van der Waals surface area contributed by atoms with Crippen LogP contribution in [0.1, 0.15) is 17.5 Å². The van der Waals surface area contributed by atoms with Gasteiger partial charge in [0, 0.05) is 6.42 Å². The molecule has 0 saturated carbocycles. The van der Waals surface area contributed by atoms with E-state index in [9.17, 15) is 4.79 Å². The average Bonchev–Trinajstić information content (AvgIpc) is 2.44. The van der Waals surface area contributed by atoms with Gasteiger partial charge in [0.1, 0.15) is 5.54 Å². The van der Waals surface area contributed by atoms with Crippen LogP contribution in [0.25, 0.3) is 0 Å². The highest BCUT2D eigenvalue weighted by atomic mass is 16.5. The minimum absolute atomic E-state index is 0.229. The Morgan fingerprint density at radius 2 is 2.22 bits per heavy atom. The molecule has 1 aliphatic carbocycles. The molecule has 0 bridgehead atoms. The summed E-state index contributed by atoms with van der Waals surface area (Å²) in [6.45, 7) is 0.372. The van der Waals surface area contributed by atoms with E-state index in [0.717, 1.165) is 12.8 Å². The Labute approximate surface area is 108 Å². The molecule has 1 N–H and O–H groups in total. The summed E-state index contributed by atoms with van der Waals surface area (Å²) in [6.07, 6.45) is 7.50. The third kappa shape index (κ3) is 2.25. The minimum atomic E-state index is -0.671. The van der Waals surface area contributed by atoms with E-state index in [4.69, 9.17) is 11.2 Å². The van der Waals surface area contributed by atoms with Gasteiger partial charge in [-0.3, -0.25) is 10.1 Å². The molecular formula is C15H17NO2. The summed E-state index contributed by atoms with van der Waals surface area (Å²) >= 11 is 0. The van der Waals surface area contributed by atoms with Crippen molar-refractivity contribution in [3.05, 3.63) is 35.4 Å². The molecule has 0 saturated heterocycles. The molecule has 1 aromatic rings. The van der Waals surface area contributed by atoms with Gasteiger partial charge in [0.05, 0.1) is 13.7 Å². The van der Waals surface area contributed by atoms with Gasteiger partial charge in [-0.1, -0.05) is 30.2 Å². The first-order valence-corrected chi connectivity index (χ1v) is 6.05. The van der Waals surface area contributed by atoms with Crippen LogP contribution >= 0.6 is 0 Å². The number of carbonyl (C=O) groups excluding carboxylic acids is 1. The minimum Gasteiger partial charge on any atom is -0.468 e. The number of terminal acetylenes is 1. The second-order valence-electron chi connectivity index (χ2n) is 4.58. The highest BCUT2D eigenvalue weighted by Gasteiger charge is 2.41. The first kappa shape index (κ1) is 12.7. The van der Waals surface area contributed by atoms with Gasteiger partial charge in [0.15, 0.2) is 0 Å². The van der Waals surface area contributed by atoms with Crippen molar-refractivity contribution in [2.24, 2.45) is 0 Å². The van der Waals surface area contributed by atoms with E-state index in [0.29, 0.717) is 13.0 Å². The van der Waals surface area contributed by atoms with Crippen LogP contribution in [0.3, 0.4) is 0 Å². The van der Waals surface area contributed by atoms with Crippen LogP contribution in [0.4, 0.5) is 0 Å². The van der Waals surface area contributed by atoms with Gasteiger partial charge in [-0.15, -0.1) is 6.42 Å². The Bertz CT molecular complexity index is 490. The van der Waals surface area contributed by atoms with E-state index in [1.54, 1.807) is 0 Å². The number of benzene rings is 1. The lowest BCUT2D eigenvalue weighted by atomic mass is 9.78. The van der Waals surface area contributed by atoms with Crippen LogP contribution in [-0.2, 0) is 22.4 Å². The molecule has 0 heterocycles. The number of hydrogen-bond donors (Lipinski definition) is 1. The van der Waals surface area contributed by atoms with Gasteiger partial charge in [0.25, 0.3) is 0 Å². The maximum atomic E-state index is 12.1. The summed E-state index contributed by atoms with van der Waals surface area (Å²) in [5, 5.41) is 3.17. The molecule has 0 fully saturated rings. The first-order chi connectivity index (χ1) is 8.72. The second-order valence-corrected chi connectivity index (χ2v) is 4.58. The molecule has 94 valence electrons. The van der Waals surface area contributed by atoms with Gasteiger partial charge in [-0.25, -0.2) is 0 Å². The highest BCUT2D eigenvalue weighted by Crippen LogP contribution is 2.29. The van der Waals surface area contributed by atoms with Crippen molar-refractivity contribution in [2.45, 2.75) is 24.8 Å². The van der Waals surface area contributed by atoms with Crippen molar-refractivity contribution in [3.63, 3.8) is 0 Å². The Balaban J connectivity index is 2.29. The van der Waals surface area contributed by atoms with E-state index >= 15 is 0 Å². The lowest BCUT2D eigenvalue weighted by Gasteiger charge is -2.36. The monoisotopic (exact) mass is 243 g/mol. The SMILES string of the molecule is C#CCNC1(C(=O)OC)CCc2ccccc2C1. The van der Waals surface area contributed by atoms with Crippen molar-refractivity contribution in [1.82, 2.24) is 5.32 Å². The number of methoxy groups -OCH3 is 1. The number of hydrogen-bond acceptors (Lipinski definition) is 3. The lowest BCUT2D eigenvalue weighted by Crippen LogP contribution is -2.56. The normalized spacial score (nSPS) is 21.8. The van der Waals surface area contributed by atoms with Crippen LogP contribution in [-0.4, -0.2) is 25.2 Å². The van der Waals surface area contributed by atoms with E-state index in [2.05, 4.69) is 23.4 Å². The van der Waals surface area contributed by atoms with E-state index in [-0.39, 0.29) is 5.97 Å². The zero-order valence-electron chi connectivity index (χ0n) is 10.5. The molecule has 0 aliphatic heterocycles. The molecule has 0 aromatic heterocycles. The smallest absolute Gasteiger partial charge is 0.326 e. The Kier molecular flexibility index (Phi) is 3.69. The zero-order chi connectivity index (χ0) is 13.0. The molecule has 0 spiro atoms. The van der Waals surface area contributed by atoms with Gasteiger partial charge in [-0.2, -0.15) is 0 Å². The van der Waals surface area contributed by atoms with Crippen molar-refractivity contribution in [2.75, 3.05) is 13.7 Å².